The lowest BCUT2D eigenvalue weighted by molar-refractivity contribution is 0.285. The van der Waals surface area contributed by atoms with E-state index in [1.807, 2.05) is 6.07 Å². The summed E-state index contributed by atoms with van der Waals surface area (Å²) < 4.78 is 0. The lowest BCUT2D eigenvalue weighted by Crippen LogP contribution is -1.78. The Labute approximate surface area is 57.0 Å². The second-order valence-corrected chi connectivity index (χ2v) is 2.53. The molecule has 9 heavy (non-hydrogen) atoms. The molecule has 0 radical (unpaired) electrons. The fourth-order valence-corrected chi connectivity index (χ4v) is 1.25. The zero-order valence-corrected chi connectivity index (χ0v) is 5.48. The molecule has 0 atom stereocenters. The first kappa shape index (κ1) is 6.27. The molecule has 0 saturated carbocycles. The smallest absolute Gasteiger partial charge is 0.100 e. The van der Waals surface area contributed by atoms with Crippen molar-refractivity contribution in [2.24, 2.45) is 0 Å². The van der Waals surface area contributed by atoms with Crippen LogP contribution in [0.25, 0.3) is 0 Å². The van der Waals surface area contributed by atoms with Crippen molar-refractivity contribution in [2.45, 2.75) is 6.61 Å². The first-order chi connectivity index (χ1) is 4.38. The molecule has 0 aromatic carbocycles. The molecule has 0 saturated heterocycles. The third kappa shape index (κ3) is 1.10. The monoisotopic (exact) mass is 139 g/mol. The summed E-state index contributed by atoms with van der Waals surface area (Å²) in [7, 11) is 0. The molecule has 3 heteroatoms. The van der Waals surface area contributed by atoms with Crippen molar-refractivity contribution < 1.29 is 5.11 Å². The van der Waals surface area contributed by atoms with Gasteiger partial charge in [-0.3, -0.25) is 0 Å². The molecule has 46 valence electrons. The Morgan fingerprint density at radius 3 is 3.00 bits per heavy atom. The van der Waals surface area contributed by atoms with E-state index in [2.05, 4.69) is 0 Å². The van der Waals surface area contributed by atoms with Gasteiger partial charge in [0.2, 0.25) is 0 Å². The van der Waals surface area contributed by atoms with Crippen LogP contribution in [0.15, 0.2) is 11.4 Å². The lowest BCUT2D eigenvalue weighted by atomic mass is 10.3. The first-order valence-electron chi connectivity index (χ1n) is 2.46. The Balaban J connectivity index is 3.02. The Hall–Kier alpha value is -0.850. The van der Waals surface area contributed by atoms with Gasteiger partial charge in [0.15, 0.2) is 0 Å². The number of nitriles is 1. The normalized spacial score (nSPS) is 8.89. The molecule has 0 aliphatic heterocycles. The van der Waals surface area contributed by atoms with Crippen molar-refractivity contribution in [3.05, 3.63) is 21.9 Å². The van der Waals surface area contributed by atoms with Crippen LogP contribution in [0.4, 0.5) is 0 Å². The van der Waals surface area contributed by atoms with E-state index in [0.717, 1.165) is 4.88 Å². The van der Waals surface area contributed by atoms with Crippen LogP contribution in [0.3, 0.4) is 0 Å². The van der Waals surface area contributed by atoms with Gasteiger partial charge >= 0.3 is 0 Å². The topological polar surface area (TPSA) is 44.0 Å². The number of rotatable bonds is 1. The SMILES string of the molecule is N#Cc1ccsc1CO. The quantitative estimate of drug-likeness (QED) is 0.633. The molecule has 0 fully saturated rings. The van der Waals surface area contributed by atoms with Gasteiger partial charge in [-0.1, -0.05) is 0 Å². The van der Waals surface area contributed by atoms with Crippen molar-refractivity contribution in [3.63, 3.8) is 0 Å². The van der Waals surface area contributed by atoms with Gasteiger partial charge in [0, 0.05) is 4.88 Å². The van der Waals surface area contributed by atoms with Gasteiger partial charge in [-0.25, -0.2) is 0 Å². The van der Waals surface area contributed by atoms with Crippen LogP contribution in [0.1, 0.15) is 10.4 Å². The summed E-state index contributed by atoms with van der Waals surface area (Å²) in [5.41, 5.74) is 0.586. The standard InChI is InChI=1S/C6H5NOS/c7-3-5-1-2-9-6(5)4-8/h1-2,8H,4H2. The maximum atomic E-state index is 8.60. The van der Waals surface area contributed by atoms with Crippen LogP contribution in [0, 0.1) is 11.3 Å². The van der Waals surface area contributed by atoms with Gasteiger partial charge in [-0.2, -0.15) is 5.26 Å². The Bertz CT molecular complexity index is 235. The average Bonchev–Trinajstić information content (AvgIpc) is 2.33. The predicted molar refractivity (Wildman–Crippen MR) is 35.0 cm³/mol. The number of aliphatic hydroxyl groups excluding tert-OH is 1. The molecule has 1 aromatic rings. The summed E-state index contributed by atoms with van der Waals surface area (Å²) in [5, 5.41) is 18.8. The second kappa shape index (κ2) is 2.62. The molecule has 0 unspecified atom stereocenters. The second-order valence-electron chi connectivity index (χ2n) is 1.53. The molecular formula is C6H5NOS. The maximum absolute atomic E-state index is 8.60. The van der Waals surface area contributed by atoms with Crippen LogP contribution in [0.5, 0.6) is 0 Å². The van der Waals surface area contributed by atoms with Crippen LogP contribution in [-0.2, 0) is 6.61 Å². The van der Waals surface area contributed by atoms with E-state index in [-0.39, 0.29) is 6.61 Å². The molecule has 1 rings (SSSR count). The van der Waals surface area contributed by atoms with Crippen molar-refractivity contribution in [3.8, 4) is 6.07 Å². The number of hydrogen-bond acceptors (Lipinski definition) is 3. The molecular weight excluding hydrogens is 134 g/mol. The van der Waals surface area contributed by atoms with Gasteiger partial charge in [-0.05, 0) is 11.4 Å². The third-order valence-electron chi connectivity index (χ3n) is 1.01. The van der Waals surface area contributed by atoms with E-state index < -0.39 is 0 Å². The number of hydrogen-bond donors (Lipinski definition) is 1. The maximum Gasteiger partial charge on any atom is 0.100 e. The highest BCUT2D eigenvalue weighted by atomic mass is 32.1. The van der Waals surface area contributed by atoms with Crippen LogP contribution in [0.2, 0.25) is 0 Å². The fourth-order valence-electron chi connectivity index (χ4n) is 0.563. The van der Waals surface area contributed by atoms with Crippen molar-refractivity contribution >= 4 is 11.3 Å². The summed E-state index contributed by atoms with van der Waals surface area (Å²) >= 11 is 1.40. The average molecular weight is 139 g/mol. The third-order valence-corrected chi connectivity index (χ3v) is 1.92. The fraction of sp³-hybridized carbons (Fsp3) is 0.167. The summed E-state index contributed by atoms with van der Waals surface area (Å²) in [6.07, 6.45) is 0. The van der Waals surface area contributed by atoms with Gasteiger partial charge in [0.1, 0.15) is 6.07 Å². The highest BCUT2D eigenvalue weighted by Gasteiger charge is 1.98. The van der Waals surface area contributed by atoms with Gasteiger partial charge < -0.3 is 5.11 Å². The molecule has 0 aliphatic rings. The first-order valence-corrected chi connectivity index (χ1v) is 3.33. The van der Waals surface area contributed by atoms with Crippen molar-refractivity contribution in [2.75, 3.05) is 0 Å². The van der Waals surface area contributed by atoms with Crippen LogP contribution < -0.4 is 0 Å². The zero-order valence-electron chi connectivity index (χ0n) is 4.66. The Kier molecular flexibility index (Phi) is 1.83. The van der Waals surface area contributed by atoms with Crippen LogP contribution >= 0.6 is 11.3 Å². The van der Waals surface area contributed by atoms with E-state index in [1.54, 1.807) is 11.4 Å². The van der Waals surface area contributed by atoms with Gasteiger partial charge in [-0.15, -0.1) is 11.3 Å². The Morgan fingerprint density at radius 1 is 1.78 bits per heavy atom. The number of aliphatic hydroxyl groups is 1. The minimum atomic E-state index is -0.0272. The van der Waals surface area contributed by atoms with Crippen molar-refractivity contribution in [1.29, 1.82) is 5.26 Å². The molecule has 0 aliphatic carbocycles. The molecule has 1 N–H and O–H groups in total. The number of nitrogens with zero attached hydrogens (tertiary/aromatic N) is 1. The lowest BCUT2D eigenvalue weighted by Gasteiger charge is -1.84. The van der Waals surface area contributed by atoms with Gasteiger partial charge in [0.25, 0.3) is 0 Å². The van der Waals surface area contributed by atoms with Crippen LogP contribution in [-0.4, -0.2) is 5.11 Å². The largest absolute Gasteiger partial charge is 0.391 e. The van der Waals surface area contributed by atoms with Crippen molar-refractivity contribution in [1.82, 2.24) is 0 Å². The summed E-state index contributed by atoms with van der Waals surface area (Å²) in [6.45, 7) is -0.0272. The van der Waals surface area contributed by atoms with E-state index in [1.165, 1.54) is 11.3 Å². The zero-order chi connectivity index (χ0) is 6.69. The minimum Gasteiger partial charge on any atom is -0.391 e. The van der Waals surface area contributed by atoms with E-state index in [4.69, 9.17) is 10.4 Å². The Morgan fingerprint density at radius 2 is 2.56 bits per heavy atom. The summed E-state index contributed by atoms with van der Waals surface area (Å²) in [5.74, 6) is 0. The highest BCUT2D eigenvalue weighted by molar-refractivity contribution is 7.10. The minimum absolute atomic E-state index is 0.0272. The molecule has 1 aromatic heterocycles. The molecule has 2 nitrogen and oxygen atoms in total. The van der Waals surface area contributed by atoms with Gasteiger partial charge in [0.05, 0.1) is 12.2 Å². The summed E-state index contributed by atoms with van der Waals surface area (Å²) in [6, 6.07) is 3.68. The summed E-state index contributed by atoms with van der Waals surface area (Å²) in [4.78, 5) is 0.748. The molecule has 0 bridgehead atoms. The highest BCUT2D eigenvalue weighted by Crippen LogP contribution is 2.14. The predicted octanol–water partition coefficient (Wildman–Crippen LogP) is 1.11. The molecule has 0 spiro atoms. The molecule has 1 heterocycles. The van der Waals surface area contributed by atoms with E-state index in [0.29, 0.717) is 5.56 Å². The van der Waals surface area contributed by atoms with E-state index in [9.17, 15) is 0 Å². The molecule has 0 amide bonds. The number of thiophene rings is 1. The van der Waals surface area contributed by atoms with E-state index >= 15 is 0 Å².